The highest BCUT2D eigenvalue weighted by Crippen LogP contribution is 2.13. The Morgan fingerprint density at radius 1 is 1.13 bits per heavy atom. The number of rotatable bonds is 7. The maximum atomic E-state index is 12.9. The summed E-state index contributed by atoms with van der Waals surface area (Å²) in [5.74, 6) is 0.144. The van der Waals surface area contributed by atoms with E-state index in [9.17, 15) is 4.79 Å². The lowest BCUT2D eigenvalue weighted by molar-refractivity contribution is -0.138. The number of carbonyl (C=O) groups is 1. The highest BCUT2D eigenvalue weighted by molar-refractivity contribution is 5.81. The predicted molar refractivity (Wildman–Crippen MR) is 91.6 cm³/mol. The molecule has 0 aliphatic rings. The van der Waals surface area contributed by atoms with Gasteiger partial charge in [0.1, 0.15) is 0 Å². The van der Waals surface area contributed by atoms with Crippen molar-refractivity contribution >= 4 is 5.91 Å². The zero-order chi connectivity index (χ0) is 16.8. The molecule has 1 aromatic heterocycles. The number of hydrogen-bond donors (Lipinski definition) is 1. The van der Waals surface area contributed by atoms with Crippen molar-refractivity contribution in [1.29, 1.82) is 0 Å². The van der Waals surface area contributed by atoms with Gasteiger partial charge >= 0.3 is 0 Å². The van der Waals surface area contributed by atoms with Gasteiger partial charge in [-0.05, 0) is 39.4 Å². The van der Waals surface area contributed by atoms with E-state index in [0.717, 1.165) is 11.3 Å². The van der Waals surface area contributed by atoms with Gasteiger partial charge in [0.05, 0.1) is 6.04 Å². The molecule has 0 aliphatic heterocycles. The molecular formula is C18H26N4O. The van der Waals surface area contributed by atoms with E-state index in [1.165, 1.54) is 0 Å². The zero-order valence-corrected chi connectivity index (χ0v) is 14.4. The number of nitrogens with zero attached hydrogens (tertiary/aromatic N) is 3. The summed E-state index contributed by atoms with van der Waals surface area (Å²) in [7, 11) is 1.96. The second kappa shape index (κ2) is 7.92. The summed E-state index contributed by atoms with van der Waals surface area (Å²) < 4.78 is 0. The van der Waals surface area contributed by atoms with Gasteiger partial charge in [-0.1, -0.05) is 30.3 Å². The maximum Gasteiger partial charge on any atom is 0.240 e. The first-order valence-electron chi connectivity index (χ1n) is 8.02. The normalized spacial score (nSPS) is 12.6. The van der Waals surface area contributed by atoms with Crippen LogP contribution in [0.4, 0.5) is 0 Å². The first kappa shape index (κ1) is 17.2. The topological polar surface area (TPSA) is 52.2 Å². The van der Waals surface area contributed by atoms with E-state index in [1.54, 1.807) is 6.20 Å². The summed E-state index contributed by atoms with van der Waals surface area (Å²) in [5.41, 5.74) is 2.16. The lowest BCUT2D eigenvalue weighted by Crippen LogP contribution is -2.47. The van der Waals surface area contributed by atoms with E-state index in [-0.39, 0.29) is 18.0 Å². The molecule has 23 heavy (non-hydrogen) atoms. The Bertz CT molecular complexity index is 595. The number of carbonyl (C=O) groups excluding carboxylic acids is 1. The van der Waals surface area contributed by atoms with Crippen LogP contribution in [-0.4, -0.2) is 45.0 Å². The molecule has 0 aliphatic carbocycles. The quantitative estimate of drug-likeness (QED) is 0.855. The highest BCUT2D eigenvalue weighted by atomic mass is 16.2. The summed E-state index contributed by atoms with van der Waals surface area (Å²) in [4.78, 5) is 16.9. The van der Waals surface area contributed by atoms with E-state index in [4.69, 9.17) is 0 Å². The molecule has 0 fully saturated rings. The Kier molecular flexibility index (Phi) is 5.93. The van der Waals surface area contributed by atoms with Crippen molar-refractivity contribution in [2.24, 2.45) is 0 Å². The lowest BCUT2D eigenvalue weighted by Gasteiger charge is -2.33. The van der Waals surface area contributed by atoms with Crippen LogP contribution in [0.25, 0.3) is 0 Å². The molecule has 0 saturated heterocycles. The summed E-state index contributed by atoms with van der Waals surface area (Å²) >= 11 is 0. The van der Waals surface area contributed by atoms with Crippen LogP contribution in [0.5, 0.6) is 0 Å². The van der Waals surface area contributed by atoms with E-state index in [1.807, 2.05) is 48.0 Å². The van der Waals surface area contributed by atoms with Crippen molar-refractivity contribution in [3.63, 3.8) is 0 Å². The molecule has 2 aromatic rings. The van der Waals surface area contributed by atoms with Gasteiger partial charge in [-0.3, -0.25) is 14.8 Å². The van der Waals surface area contributed by atoms with Crippen LogP contribution in [0.2, 0.25) is 0 Å². The van der Waals surface area contributed by atoms with Crippen LogP contribution in [0.3, 0.4) is 0 Å². The first-order chi connectivity index (χ1) is 11.0. The Morgan fingerprint density at radius 2 is 1.83 bits per heavy atom. The molecular weight excluding hydrogens is 288 g/mol. The van der Waals surface area contributed by atoms with Crippen molar-refractivity contribution in [1.82, 2.24) is 20.0 Å². The number of hydrogen-bond acceptors (Lipinski definition) is 3. The van der Waals surface area contributed by atoms with Gasteiger partial charge in [0.25, 0.3) is 0 Å². The fourth-order valence-electron chi connectivity index (χ4n) is 2.50. The van der Waals surface area contributed by atoms with Crippen molar-refractivity contribution in [3.8, 4) is 0 Å². The lowest BCUT2D eigenvalue weighted by atomic mass is 10.1. The second-order valence-corrected chi connectivity index (χ2v) is 6.22. The maximum absolute atomic E-state index is 12.9. The Labute approximate surface area is 138 Å². The molecule has 2 rings (SSSR count). The highest BCUT2D eigenvalue weighted by Gasteiger charge is 2.26. The number of aromatic nitrogens is 2. The molecule has 5 nitrogen and oxygen atoms in total. The Hall–Kier alpha value is -2.14. The molecule has 124 valence electrons. The summed E-state index contributed by atoms with van der Waals surface area (Å²) in [6, 6.07) is 12.0. The van der Waals surface area contributed by atoms with E-state index < -0.39 is 0 Å². The number of nitrogens with one attached hydrogen (secondary N) is 1. The number of benzene rings is 1. The molecule has 0 bridgehead atoms. The SMILES string of the molecule is CC(C(=O)N(Cc1ccccc1)C(C)C)N(C)Cc1ccn[nH]1. The van der Waals surface area contributed by atoms with Gasteiger partial charge in [0.15, 0.2) is 0 Å². The molecule has 5 heteroatoms. The van der Waals surface area contributed by atoms with Gasteiger partial charge in [-0.15, -0.1) is 0 Å². The molecule has 1 heterocycles. The third-order valence-electron chi connectivity index (χ3n) is 4.10. The van der Waals surface area contributed by atoms with Gasteiger partial charge in [-0.25, -0.2) is 0 Å². The Balaban J connectivity index is 2.04. The minimum Gasteiger partial charge on any atom is -0.335 e. The molecule has 1 unspecified atom stereocenters. The molecule has 0 spiro atoms. The molecule has 1 atom stereocenters. The minimum absolute atomic E-state index is 0.144. The molecule has 1 amide bonds. The Morgan fingerprint density at radius 3 is 2.39 bits per heavy atom. The smallest absolute Gasteiger partial charge is 0.240 e. The number of likely N-dealkylation sites (N-methyl/N-ethyl adjacent to an activating group) is 1. The third-order valence-corrected chi connectivity index (χ3v) is 4.10. The molecule has 0 saturated carbocycles. The predicted octanol–water partition coefficient (Wildman–Crippen LogP) is 2.67. The van der Waals surface area contributed by atoms with Gasteiger partial charge < -0.3 is 4.90 Å². The minimum atomic E-state index is -0.190. The largest absolute Gasteiger partial charge is 0.335 e. The average Bonchev–Trinajstić information content (AvgIpc) is 3.04. The van der Waals surface area contributed by atoms with E-state index in [0.29, 0.717) is 13.1 Å². The van der Waals surface area contributed by atoms with Crippen LogP contribution < -0.4 is 0 Å². The summed E-state index contributed by atoms with van der Waals surface area (Å²) in [6.07, 6.45) is 1.73. The first-order valence-corrected chi connectivity index (χ1v) is 8.02. The van der Waals surface area contributed by atoms with Gasteiger partial charge in [-0.2, -0.15) is 5.10 Å². The third kappa shape index (κ3) is 4.66. The van der Waals surface area contributed by atoms with Crippen molar-refractivity contribution in [2.45, 2.75) is 45.9 Å². The number of amides is 1. The van der Waals surface area contributed by atoms with Crippen molar-refractivity contribution in [2.75, 3.05) is 7.05 Å². The number of H-pyrrole nitrogens is 1. The molecule has 0 radical (unpaired) electrons. The van der Waals surface area contributed by atoms with Crippen LogP contribution in [0.1, 0.15) is 32.0 Å². The second-order valence-electron chi connectivity index (χ2n) is 6.22. The standard InChI is InChI=1S/C18H26N4O/c1-14(2)22(12-16-8-6-5-7-9-16)18(23)15(3)21(4)13-17-10-11-19-20-17/h5-11,14-15H,12-13H2,1-4H3,(H,19,20). The van der Waals surface area contributed by atoms with E-state index in [2.05, 4.69) is 36.2 Å². The van der Waals surface area contributed by atoms with Crippen LogP contribution in [0, 0.1) is 0 Å². The van der Waals surface area contributed by atoms with Crippen LogP contribution in [0.15, 0.2) is 42.6 Å². The fourth-order valence-corrected chi connectivity index (χ4v) is 2.50. The summed E-state index contributed by atoms with van der Waals surface area (Å²) in [5, 5.41) is 6.89. The monoisotopic (exact) mass is 314 g/mol. The summed E-state index contributed by atoms with van der Waals surface area (Å²) in [6.45, 7) is 7.38. The molecule has 1 N–H and O–H groups in total. The fraction of sp³-hybridized carbons (Fsp3) is 0.444. The zero-order valence-electron chi connectivity index (χ0n) is 14.4. The van der Waals surface area contributed by atoms with Crippen molar-refractivity contribution < 1.29 is 4.79 Å². The van der Waals surface area contributed by atoms with E-state index >= 15 is 0 Å². The molecule has 1 aromatic carbocycles. The van der Waals surface area contributed by atoms with Crippen LogP contribution in [-0.2, 0) is 17.9 Å². The van der Waals surface area contributed by atoms with Crippen LogP contribution >= 0.6 is 0 Å². The average molecular weight is 314 g/mol. The van der Waals surface area contributed by atoms with Gasteiger partial charge in [0, 0.05) is 31.0 Å². The number of aromatic amines is 1. The van der Waals surface area contributed by atoms with Gasteiger partial charge in [0.2, 0.25) is 5.91 Å². The van der Waals surface area contributed by atoms with Crippen molar-refractivity contribution in [3.05, 3.63) is 53.9 Å².